The summed E-state index contributed by atoms with van der Waals surface area (Å²) in [4.78, 5) is 13.4. The summed E-state index contributed by atoms with van der Waals surface area (Å²) in [5, 5.41) is 9.36. The van der Waals surface area contributed by atoms with Gasteiger partial charge in [0, 0.05) is 16.6 Å². The lowest BCUT2D eigenvalue weighted by Gasteiger charge is -1.98. The maximum absolute atomic E-state index is 10.3. The molecule has 0 aliphatic carbocycles. The zero-order chi connectivity index (χ0) is 10.1. The molecule has 0 spiro atoms. The van der Waals surface area contributed by atoms with E-state index in [2.05, 4.69) is 9.72 Å². The van der Waals surface area contributed by atoms with Crippen molar-refractivity contribution in [2.24, 2.45) is 0 Å². The van der Waals surface area contributed by atoms with Crippen LogP contribution < -0.4 is 4.74 Å². The van der Waals surface area contributed by atoms with E-state index in [0.717, 1.165) is 16.6 Å². The van der Waals surface area contributed by atoms with E-state index in [-0.39, 0.29) is 0 Å². The molecule has 1 heterocycles. The van der Waals surface area contributed by atoms with E-state index in [1.807, 2.05) is 13.0 Å². The average molecular weight is 191 g/mol. The van der Waals surface area contributed by atoms with E-state index in [9.17, 15) is 4.79 Å². The highest BCUT2D eigenvalue weighted by atomic mass is 16.7. The molecule has 0 bridgehead atoms. The van der Waals surface area contributed by atoms with Gasteiger partial charge in [-0.25, -0.2) is 4.79 Å². The van der Waals surface area contributed by atoms with E-state index in [0.29, 0.717) is 5.75 Å². The zero-order valence-corrected chi connectivity index (χ0v) is 7.57. The first kappa shape index (κ1) is 8.62. The SMILES string of the molecule is Cc1cc2cc(OC(=O)O)ccc2[nH]1. The Morgan fingerprint density at radius 3 is 2.93 bits per heavy atom. The Kier molecular flexibility index (Phi) is 1.89. The van der Waals surface area contributed by atoms with Crippen molar-refractivity contribution in [3.63, 3.8) is 0 Å². The molecule has 2 rings (SSSR count). The molecular weight excluding hydrogens is 182 g/mol. The van der Waals surface area contributed by atoms with Crippen LogP contribution in [0.15, 0.2) is 24.3 Å². The molecule has 1 aromatic heterocycles. The summed E-state index contributed by atoms with van der Waals surface area (Å²) >= 11 is 0. The van der Waals surface area contributed by atoms with Gasteiger partial charge in [0.05, 0.1) is 0 Å². The van der Waals surface area contributed by atoms with Gasteiger partial charge in [-0.15, -0.1) is 0 Å². The second kappa shape index (κ2) is 3.06. The fourth-order valence-electron chi connectivity index (χ4n) is 1.42. The molecule has 4 heteroatoms. The van der Waals surface area contributed by atoms with Crippen molar-refractivity contribution in [3.8, 4) is 5.75 Å². The standard InChI is InChI=1S/C10H9NO3/c1-6-4-7-5-8(14-10(12)13)2-3-9(7)11-6/h2-5,11H,1H3,(H,12,13). The Morgan fingerprint density at radius 1 is 1.43 bits per heavy atom. The van der Waals surface area contributed by atoms with Crippen molar-refractivity contribution in [3.05, 3.63) is 30.0 Å². The summed E-state index contributed by atoms with van der Waals surface area (Å²) in [7, 11) is 0. The summed E-state index contributed by atoms with van der Waals surface area (Å²) in [6.45, 7) is 1.94. The van der Waals surface area contributed by atoms with E-state index in [1.165, 1.54) is 0 Å². The molecule has 4 nitrogen and oxygen atoms in total. The summed E-state index contributed by atoms with van der Waals surface area (Å²) < 4.78 is 4.53. The molecule has 0 fully saturated rings. The zero-order valence-electron chi connectivity index (χ0n) is 7.57. The number of H-pyrrole nitrogens is 1. The largest absolute Gasteiger partial charge is 0.511 e. The molecule has 72 valence electrons. The number of aromatic nitrogens is 1. The highest BCUT2D eigenvalue weighted by molar-refractivity contribution is 5.82. The number of hydrogen-bond donors (Lipinski definition) is 2. The number of aryl methyl sites for hydroxylation is 1. The van der Waals surface area contributed by atoms with Crippen LogP contribution in [0.1, 0.15) is 5.69 Å². The van der Waals surface area contributed by atoms with Crippen molar-refractivity contribution < 1.29 is 14.6 Å². The Hall–Kier alpha value is -1.97. The number of nitrogens with one attached hydrogen (secondary N) is 1. The van der Waals surface area contributed by atoms with Crippen LogP contribution in [0, 0.1) is 6.92 Å². The number of hydrogen-bond acceptors (Lipinski definition) is 2. The van der Waals surface area contributed by atoms with Crippen molar-refractivity contribution >= 4 is 17.1 Å². The normalized spacial score (nSPS) is 10.4. The summed E-state index contributed by atoms with van der Waals surface area (Å²) in [6, 6.07) is 7.03. The minimum Gasteiger partial charge on any atom is -0.449 e. The lowest BCUT2D eigenvalue weighted by atomic mass is 10.2. The molecule has 0 saturated heterocycles. The van der Waals surface area contributed by atoms with Crippen molar-refractivity contribution in [2.75, 3.05) is 0 Å². The fraction of sp³-hybridized carbons (Fsp3) is 0.100. The maximum Gasteiger partial charge on any atom is 0.511 e. The van der Waals surface area contributed by atoms with E-state index in [4.69, 9.17) is 5.11 Å². The lowest BCUT2D eigenvalue weighted by Crippen LogP contribution is -2.02. The fourth-order valence-corrected chi connectivity index (χ4v) is 1.42. The number of carbonyl (C=O) groups is 1. The summed E-state index contributed by atoms with van der Waals surface area (Å²) in [6.07, 6.45) is -1.29. The molecule has 0 aliphatic heterocycles. The maximum atomic E-state index is 10.3. The van der Waals surface area contributed by atoms with Gasteiger partial charge in [0.1, 0.15) is 5.75 Å². The van der Waals surface area contributed by atoms with Crippen LogP contribution in [-0.2, 0) is 0 Å². The van der Waals surface area contributed by atoms with Gasteiger partial charge in [-0.05, 0) is 31.2 Å². The van der Waals surface area contributed by atoms with Crippen molar-refractivity contribution in [2.45, 2.75) is 6.92 Å². The minimum absolute atomic E-state index is 0.337. The topological polar surface area (TPSA) is 62.3 Å². The highest BCUT2D eigenvalue weighted by Gasteiger charge is 2.03. The van der Waals surface area contributed by atoms with Gasteiger partial charge in [0.15, 0.2) is 0 Å². The monoisotopic (exact) mass is 191 g/mol. The van der Waals surface area contributed by atoms with Gasteiger partial charge < -0.3 is 14.8 Å². The second-order valence-corrected chi connectivity index (χ2v) is 3.07. The lowest BCUT2D eigenvalue weighted by molar-refractivity contribution is 0.144. The number of benzene rings is 1. The Balaban J connectivity index is 2.45. The van der Waals surface area contributed by atoms with E-state index in [1.54, 1.807) is 18.2 Å². The van der Waals surface area contributed by atoms with Gasteiger partial charge in [-0.2, -0.15) is 0 Å². The van der Waals surface area contributed by atoms with Crippen LogP contribution in [0.3, 0.4) is 0 Å². The third-order valence-electron chi connectivity index (χ3n) is 1.93. The number of fused-ring (bicyclic) bond motifs is 1. The van der Waals surface area contributed by atoms with Gasteiger partial charge >= 0.3 is 6.16 Å². The number of rotatable bonds is 1. The Morgan fingerprint density at radius 2 is 2.21 bits per heavy atom. The second-order valence-electron chi connectivity index (χ2n) is 3.07. The quantitative estimate of drug-likeness (QED) is 0.537. The molecule has 0 saturated carbocycles. The number of aromatic amines is 1. The van der Waals surface area contributed by atoms with Crippen LogP contribution in [-0.4, -0.2) is 16.2 Å². The first-order chi connectivity index (χ1) is 6.65. The summed E-state index contributed by atoms with van der Waals surface area (Å²) in [5.41, 5.74) is 2.01. The van der Waals surface area contributed by atoms with Gasteiger partial charge in [-0.1, -0.05) is 0 Å². The first-order valence-electron chi connectivity index (χ1n) is 4.15. The van der Waals surface area contributed by atoms with Crippen LogP contribution in [0.4, 0.5) is 4.79 Å². The average Bonchev–Trinajstić information content (AvgIpc) is 2.42. The van der Waals surface area contributed by atoms with Crippen molar-refractivity contribution in [1.82, 2.24) is 4.98 Å². The smallest absolute Gasteiger partial charge is 0.449 e. The first-order valence-corrected chi connectivity index (χ1v) is 4.15. The molecule has 0 aliphatic rings. The molecule has 2 N–H and O–H groups in total. The van der Waals surface area contributed by atoms with Gasteiger partial charge in [-0.3, -0.25) is 0 Å². The van der Waals surface area contributed by atoms with E-state index < -0.39 is 6.16 Å². The Labute approximate surface area is 80.1 Å². The number of carboxylic acid groups (broad SMARTS) is 1. The molecule has 0 radical (unpaired) electrons. The molecule has 2 aromatic rings. The molecule has 14 heavy (non-hydrogen) atoms. The van der Waals surface area contributed by atoms with Gasteiger partial charge in [0.2, 0.25) is 0 Å². The van der Waals surface area contributed by atoms with Crippen LogP contribution in [0.2, 0.25) is 0 Å². The van der Waals surface area contributed by atoms with Crippen LogP contribution in [0.5, 0.6) is 5.75 Å². The minimum atomic E-state index is -1.29. The predicted molar refractivity (Wildman–Crippen MR) is 51.7 cm³/mol. The predicted octanol–water partition coefficient (Wildman–Crippen LogP) is 2.53. The van der Waals surface area contributed by atoms with E-state index >= 15 is 0 Å². The number of ether oxygens (including phenoxy) is 1. The molecule has 1 aromatic carbocycles. The molecule has 0 atom stereocenters. The molecule has 0 amide bonds. The van der Waals surface area contributed by atoms with Crippen molar-refractivity contribution in [1.29, 1.82) is 0 Å². The third kappa shape index (κ3) is 1.54. The van der Waals surface area contributed by atoms with Gasteiger partial charge in [0.25, 0.3) is 0 Å². The van der Waals surface area contributed by atoms with Crippen LogP contribution >= 0.6 is 0 Å². The molecular formula is C10H9NO3. The Bertz CT molecular complexity index is 487. The third-order valence-corrected chi connectivity index (χ3v) is 1.93. The summed E-state index contributed by atoms with van der Waals surface area (Å²) in [5.74, 6) is 0.337. The van der Waals surface area contributed by atoms with Crippen LogP contribution in [0.25, 0.3) is 10.9 Å². The molecule has 0 unspecified atom stereocenters. The highest BCUT2D eigenvalue weighted by Crippen LogP contribution is 2.21.